The van der Waals surface area contributed by atoms with Gasteiger partial charge in [-0.3, -0.25) is 9.59 Å². The standard InChI is InChI=1S/C25H46O8.CH4/c1-11-18-25(9,30)21(28)15(5)19(26)14(4)12-24(8,31-10)22(32-13(2)3)16(6)20(27)17(7)23(29)33-18;/h13-18,20-22,27-28,30H,11-12H2,1-10H3;1H4/t14-,15+,16+,17-,18?,20-,21-,22-,24+,25-;/m1./s1. The fraction of sp³-hybridized carbons (Fsp3) is 0.923. The molecule has 0 amide bonds. The SMILES string of the molecule is C.CCC1OC(=O)[C@H](C)[C@H](O)[C@H](C)[C@@H](OC(C)C)[C@@](C)(OC)C[C@@H](C)C(=O)[C@H](C)[C@@H](O)[C@]1(C)O. The highest BCUT2D eigenvalue weighted by Crippen LogP contribution is 2.37. The summed E-state index contributed by atoms with van der Waals surface area (Å²) in [6.07, 6.45) is -3.95. The van der Waals surface area contributed by atoms with Crippen molar-refractivity contribution in [2.24, 2.45) is 23.7 Å². The number of carbonyl (C=O) groups is 2. The predicted molar refractivity (Wildman–Crippen MR) is 131 cm³/mol. The lowest BCUT2D eigenvalue weighted by Gasteiger charge is -2.45. The minimum Gasteiger partial charge on any atom is -0.459 e. The van der Waals surface area contributed by atoms with Gasteiger partial charge in [0.1, 0.15) is 17.5 Å². The van der Waals surface area contributed by atoms with Gasteiger partial charge in [0.25, 0.3) is 0 Å². The van der Waals surface area contributed by atoms with Gasteiger partial charge in [-0.1, -0.05) is 35.1 Å². The maximum absolute atomic E-state index is 13.3. The molecule has 1 unspecified atom stereocenters. The first kappa shape index (κ1) is 32.9. The van der Waals surface area contributed by atoms with Gasteiger partial charge in [0.05, 0.1) is 35.9 Å². The van der Waals surface area contributed by atoms with Gasteiger partial charge >= 0.3 is 5.97 Å². The normalized spacial score (nSPS) is 43.1. The van der Waals surface area contributed by atoms with Crippen molar-refractivity contribution in [2.45, 2.75) is 124 Å². The molecule has 0 aromatic heterocycles. The first-order chi connectivity index (χ1) is 15.0. The van der Waals surface area contributed by atoms with Crippen LogP contribution in [0.2, 0.25) is 0 Å². The molecule has 0 radical (unpaired) electrons. The summed E-state index contributed by atoms with van der Waals surface area (Å²) < 4.78 is 17.6. The van der Waals surface area contributed by atoms with E-state index in [9.17, 15) is 24.9 Å². The fourth-order valence-electron chi connectivity index (χ4n) is 5.08. The van der Waals surface area contributed by atoms with E-state index in [0.717, 1.165) is 0 Å². The van der Waals surface area contributed by atoms with E-state index in [1.807, 2.05) is 20.8 Å². The van der Waals surface area contributed by atoms with Crippen molar-refractivity contribution >= 4 is 11.8 Å². The molecule has 0 spiro atoms. The number of hydrogen-bond acceptors (Lipinski definition) is 8. The molecule has 8 nitrogen and oxygen atoms in total. The topological polar surface area (TPSA) is 123 Å². The van der Waals surface area contributed by atoms with Gasteiger partial charge in [0, 0.05) is 24.9 Å². The van der Waals surface area contributed by atoms with Crippen molar-refractivity contribution in [3.63, 3.8) is 0 Å². The molecule has 1 saturated heterocycles. The predicted octanol–water partition coefficient (Wildman–Crippen LogP) is 3.13. The summed E-state index contributed by atoms with van der Waals surface area (Å²) in [5.41, 5.74) is -2.82. The molecule has 1 aliphatic rings. The Labute approximate surface area is 206 Å². The Kier molecular flexibility index (Phi) is 12.4. The summed E-state index contributed by atoms with van der Waals surface area (Å²) in [5.74, 6) is -3.82. The van der Waals surface area contributed by atoms with Crippen molar-refractivity contribution < 1.29 is 39.1 Å². The molecule has 10 atom stereocenters. The van der Waals surface area contributed by atoms with Gasteiger partial charge in [-0.15, -0.1) is 0 Å². The van der Waals surface area contributed by atoms with E-state index in [1.54, 1.807) is 34.6 Å². The van der Waals surface area contributed by atoms with Crippen LogP contribution in [0.5, 0.6) is 0 Å². The number of rotatable bonds is 4. The molecular weight excluding hydrogens is 440 g/mol. The molecular formula is C26H50O8. The molecule has 8 heteroatoms. The van der Waals surface area contributed by atoms with Crippen molar-refractivity contribution in [3.8, 4) is 0 Å². The van der Waals surface area contributed by atoms with Crippen LogP contribution >= 0.6 is 0 Å². The van der Waals surface area contributed by atoms with Crippen molar-refractivity contribution in [2.75, 3.05) is 7.11 Å². The smallest absolute Gasteiger partial charge is 0.311 e. The molecule has 34 heavy (non-hydrogen) atoms. The number of ketones is 1. The van der Waals surface area contributed by atoms with Crippen LogP contribution in [0.3, 0.4) is 0 Å². The first-order valence-corrected chi connectivity index (χ1v) is 12.1. The van der Waals surface area contributed by atoms with Gasteiger partial charge in [0.15, 0.2) is 0 Å². The average molecular weight is 491 g/mol. The molecule has 1 heterocycles. The number of aliphatic hydroxyl groups is 3. The highest BCUT2D eigenvalue weighted by molar-refractivity contribution is 5.83. The molecule has 1 aliphatic heterocycles. The van der Waals surface area contributed by atoms with Crippen molar-refractivity contribution in [1.82, 2.24) is 0 Å². The highest BCUT2D eigenvalue weighted by atomic mass is 16.6. The summed E-state index contributed by atoms with van der Waals surface area (Å²) in [5, 5.41) is 33.2. The number of cyclic esters (lactones) is 1. The molecule has 3 N–H and O–H groups in total. The lowest BCUT2D eigenvalue weighted by atomic mass is 9.74. The lowest BCUT2D eigenvalue weighted by Crippen LogP contribution is -2.57. The Bertz CT molecular complexity index is 663. The van der Waals surface area contributed by atoms with Crippen LogP contribution in [-0.2, 0) is 23.8 Å². The van der Waals surface area contributed by atoms with E-state index in [1.165, 1.54) is 14.0 Å². The van der Waals surface area contributed by atoms with Gasteiger partial charge in [-0.05, 0) is 47.5 Å². The fourth-order valence-corrected chi connectivity index (χ4v) is 5.08. The number of methoxy groups -OCH3 is 1. The second-order valence-corrected chi connectivity index (χ2v) is 10.6. The monoisotopic (exact) mass is 490 g/mol. The number of Topliss-reactive ketones (excluding diaryl/α,β-unsaturated/α-hetero) is 1. The third-order valence-electron chi connectivity index (χ3n) is 7.39. The second kappa shape index (κ2) is 12.8. The van der Waals surface area contributed by atoms with Crippen LogP contribution in [0.25, 0.3) is 0 Å². The molecule has 0 bridgehead atoms. The van der Waals surface area contributed by atoms with E-state index >= 15 is 0 Å². The van der Waals surface area contributed by atoms with Crippen LogP contribution in [0.4, 0.5) is 0 Å². The molecule has 202 valence electrons. The van der Waals surface area contributed by atoms with Crippen LogP contribution in [0, 0.1) is 23.7 Å². The zero-order valence-electron chi connectivity index (χ0n) is 22.0. The third kappa shape index (κ3) is 7.00. The van der Waals surface area contributed by atoms with Crippen LogP contribution in [-0.4, -0.2) is 75.9 Å². The van der Waals surface area contributed by atoms with Crippen LogP contribution in [0.1, 0.15) is 82.6 Å². The van der Waals surface area contributed by atoms with Crippen LogP contribution in [0.15, 0.2) is 0 Å². The van der Waals surface area contributed by atoms with Gasteiger partial charge in [-0.2, -0.15) is 0 Å². The number of aliphatic hydroxyl groups excluding tert-OH is 2. The minimum atomic E-state index is -1.85. The van der Waals surface area contributed by atoms with E-state index in [0.29, 0.717) is 0 Å². The van der Waals surface area contributed by atoms with Gasteiger partial charge in [0.2, 0.25) is 0 Å². The van der Waals surface area contributed by atoms with E-state index < -0.39 is 65.3 Å². The molecule has 1 fully saturated rings. The lowest BCUT2D eigenvalue weighted by molar-refractivity contribution is -0.202. The Morgan fingerprint density at radius 3 is 2.06 bits per heavy atom. The van der Waals surface area contributed by atoms with Crippen molar-refractivity contribution in [1.29, 1.82) is 0 Å². The van der Waals surface area contributed by atoms with E-state index in [-0.39, 0.29) is 32.2 Å². The van der Waals surface area contributed by atoms with E-state index in [4.69, 9.17) is 14.2 Å². The Hall–Kier alpha value is -1.06. The molecule has 1 rings (SSSR count). The van der Waals surface area contributed by atoms with Gasteiger partial charge < -0.3 is 29.5 Å². The van der Waals surface area contributed by atoms with Crippen LogP contribution < -0.4 is 0 Å². The number of esters is 1. The summed E-state index contributed by atoms with van der Waals surface area (Å²) >= 11 is 0. The molecule has 0 aromatic carbocycles. The maximum atomic E-state index is 13.3. The summed E-state index contributed by atoms with van der Waals surface area (Å²) in [4.78, 5) is 26.2. The zero-order chi connectivity index (χ0) is 25.9. The highest BCUT2D eigenvalue weighted by Gasteiger charge is 2.50. The maximum Gasteiger partial charge on any atom is 0.311 e. The Morgan fingerprint density at radius 1 is 1.09 bits per heavy atom. The summed E-state index contributed by atoms with van der Waals surface area (Å²) in [6.45, 7) is 15.4. The summed E-state index contributed by atoms with van der Waals surface area (Å²) in [6, 6.07) is 0. The molecule has 0 aromatic rings. The number of ether oxygens (including phenoxy) is 3. The second-order valence-electron chi connectivity index (χ2n) is 10.6. The summed E-state index contributed by atoms with van der Waals surface area (Å²) in [7, 11) is 1.53. The average Bonchev–Trinajstić information content (AvgIpc) is 2.76. The number of hydrogen-bond donors (Lipinski definition) is 3. The number of carbonyl (C=O) groups excluding carboxylic acids is 2. The van der Waals surface area contributed by atoms with Gasteiger partial charge in [-0.25, -0.2) is 0 Å². The minimum absolute atomic E-state index is 0. The largest absolute Gasteiger partial charge is 0.459 e. The molecule has 0 saturated carbocycles. The quantitative estimate of drug-likeness (QED) is 0.514. The zero-order valence-corrected chi connectivity index (χ0v) is 22.0. The first-order valence-electron chi connectivity index (χ1n) is 12.1. The Balaban J connectivity index is 0.0000109. The third-order valence-corrected chi connectivity index (χ3v) is 7.39. The van der Waals surface area contributed by atoms with Crippen molar-refractivity contribution in [3.05, 3.63) is 0 Å². The molecule has 0 aliphatic carbocycles. The van der Waals surface area contributed by atoms with E-state index in [2.05, 4.69) is 0 Å². The Morgan fingerprint density at radius 2 is 1.62 bits per heavy atom.